The fourth-order valence-corrected chi connectivity index (χ4v) is 2.35. The maximum Gasteiger partial charge on any atom is 0.165 e. The number of benzene rings is 2. The van der Waals surface area contributed by atoms with Gasteiger partial charge in [-0.15, -0.1) is 0 Å². The molecular formula is C16H16BrFO3. The summed E-state index contributed by atoms with van der Waals surface area (Å²) in [6.45, 7) is 0.121. The highest BCUT2D eigenvalue weighted by molar-refractivity contribution is 9.08. The molecule has 0 spiro atoms. The summed E-state index contributed by atoms with van der Waals surface area (Å²) in [4.78, 5) is 0. The highest BCUT2D eigenvalue weighted by atomic mass is 79.9. The van der Waals surface area contributed by atoms with E-state index in [0.717, 1.165) is 5.56 Å². The predicted octanol–water partition coefficient (Wildman–Crippen LogP) is 4.32. The van der Waals surface area contributed by atoms with Gasteiger partial charge in [0.25, 0.3) is 0 Å². The van der Waals surface area contributed by atoms with Gasteiger partial charge in [0, 0.05) is 22.5 Å². The fraction of sp³-hybridized carbons (Fsp3) is 0.250. The average Bonchev–Trinajstić information content (AvgIpc) is 2.53. The summed E-state index contributed by atoms with van der Waals surface area (Å²) in [5.41, 5.74) is 1.41. The van der Waals surface area contributed by atoms with Crippen molar-refractivity contribution in [1.29, 1.82) is 0 Å². The van der Waals surface area contributed by atoms with E-state index in [0.29, 0.717) is 28.1 Å². The van der Waals surface area contributed by atoms with Crippen molar-refractivity contribution >= 4 is 15.9 Å². The van der Waals surface area contributed by atoms with E-state index in [1.165, 1.54) is 13.2 Å². The molecule has 0 unspecified atom stereocenters. The molecule has 112 valence electrons. The summed E-state index contributed by atoms with van der Waals surface area (Å²) in [5, 5.41) is 0.630. The molecule has 0 aliphatic carbocycles. The second-order valence-electron chi connectivity index (χ2n) is 4.33. The number of hydrogen-bond acceptors (Lipinski definition) is 3. The maximum atomic E-state index is 13.9. The van der Waals surface area contributed by atoms with Gasteiger partial charge in [-0.3, -0.25) is 0 Å². The molecule has 0 heterocycles. The van der Waals surface area contributed by atoms with Gasteiger partial charge in [0.2, 0.25) is 0 Å². The van der Waals surface area contributed by atoms with E-state index in [-0.39, 0.29) is 12.4 Å². The van der Waals surface area contributed by atoms with Gasteiger partial charge in [-0.05, 0) is 18.2 Å². The van der Waals surface area contributed by atoms with E-state index in [4.69, 9.17) is 14.2 Å². The van der Waals surface area contributed by atoms with Gasteiger partial charge < -0.3 is 14.2 Å². The third kappa shape index (κ3) is 3.67. The Morgan fingerprint density at radius 1 is 1.05 bits per heavy atom. The van der Waals surface area contributed by atoms with Gasteiger partial charge in [-0.25, -0.2) is 4.39 Å². The fourth-order valence-electron chi connectivity index (χ4n) is 1.91. The van der Waals surface area contributed by atoms with E-state index in [2.05, 4.69) is 15.9 Å². The largest absolute Gasteiger partial charge is 0.497 e. The number of alkyl halides is 1. The van der Waals surface area contributed by atoms with Crippen molar-refractivity contribution in [2.75, 3.05) is 14.2 Å². The maximum absolute atomic E-state index is 13.9. The van der Waals surface area contributed by atoms with Crippen molar-refractivity contribution in [3.63, 3.8) is 0 Å². The van der Waals surface area contributed by atoms with Crippen molar-refractivity contribution < 1.29 is 18.6 Å². The molecule has 3 nitrogen and oxygen atoms in total. The van der Waals surface area contributed by atoms with E-state index < -0.39 is 0 Å². The predicted molar refractivity (Wildman–Crippen MR) is 82.9 cm³/mol. The molecular weight excluding hydrogens is 339 g/mol. The Hall–Kier alpha value is -1.75. The second kappa shape index (κ2) is 7.31. The minimum atomic E-state index is -0.357. The Labute approximate surface area is 131 Å². The van der Waals surface area contributed by atoms with Gasteiger partial charge in [-0.2, -0.15) is 0 Å². The van der Waals surface area contributed by atoms with Crippen molar-refractivity contribution in [3.05, 3.63) is 53.3 Å². The first-order valence-electron chi connectivity index (χ1n) is 6.36. The Balaban J connectivity index is 2.20. The van der Waals surface area contributed by atoms with Crippen LogP contribution in [0.15, 0.2) is 36.4 Å². The summed E-state index contributed by atoms with van der Waals surface area (Å²) in [6, 6.07) is 10.3. The minimum Gasteiger partial charge on any atom is -0.497 e. The van der Waals surface area contributed by atoms with E-state index in [1.807, 2.05) is 18.2 Å². The quantitative estimate of drug-likeness (QED) is 0.723. The van der Waals surface area contributed by atoms with E-state index in [9.17, 15) is 4.39 Å². The van der Waals surface area contributed by atoms with Crippen LogP contribution in [0.3, 0.4) is 0 Å². The molecule has 0 fully saturated rings. The van der Waals surface area contributed by atoms with Gasteiger partial charge in [0.1, 0.15) is 18.2 Å². The molecule has 0 aromatic heterocycles. The van der Waals surface area contributed by atoms with Crippen LogP contribution in [0.25, 0.3) is 0 Å². The molecule has 0 amide bonds. The van der Waals surface area contributed by atoms with Crippen molar-refractivity contribution in [2.45, 2.75) is 11.9 Å². The molecule has 2 rings (SSSR count). The molecule has 0 saturated heterocycles. The second-order valence-corrected chi connectivity index (χ2v) is 4.89. The number of rotatable bonds is 6. The highest BCUT2D eigenvalue weighted by Gasteiger charge is 2.11. The molecule has 0 aliphatic heterocycles. The minimum absolute atomic E-state index is 0.121. The van der Waals surface area contributed by atoms with Crippen LogP contribution in [-0.4, -0.2) is 14.2 Å². The molecule has 5 heteroatoms. The van der Waals surface area contributed by atoms with Crippen molar-refractivity contribution in [2.24, 2.45) is 0 Å². The first-order chi connectivity index (χ1) is 10.2. The molecule has 2 aromatic carbocycles. The average molecular weight is 355 g/mol. The lowest BCUT2D eigenvalue weighted by molar-refractivity contribution is 0.277. The summed E-state index contributed by atoms with van der Waals surface area (Å²) in [5.74, 6) is 1.37. The molecule has 2 aromatic rings. The Kier molecular flexibility index (Phi) is 5.44. The molecule has 21 heavy (non-hydrogen) atoms. The van der Waals surface area contributed by atoms with Crippen LogP contribution < -0.4 is 14.2 Å². The third-order valence-corrected chi connectivity index (χ3v) is 3.66. The summed E-state index contributed by atoms with van der Waals surface area (Å²) < 4.78 is 29.9. The molecule has 0 radical (unpaired) electrons. The molecule has 0 saturated carbocycles. The van der Waals surface area contributed by atoms with Crippen LogP contribution >= 0.6 is 15.9 Å². The lowest BCUT2D eigenvalue weighted by Crippen LogP contribution is -2.02. The molecule has 0 bridgehead atoms. The van der Waals surface area contributed by atoms with Crippen molar-refractivity contribution in [3.8, 4) is 17.2 Å². The van der Waals surface area contributed by atoms with Crippen LogP contribution in [0, 0.1) is 5.82 Å². The number of methoxy groups -OCH3 is 2. The monoisotopic (exact) mass is 354 g/mol. The van der Waals surface area contributed by atoms with Crippen molar-refractivity contribution in [1.82, 2.24) is 0 Å². The topological polar surface area (TPSA) is 27.7 Å². The molecule has 0 atom stereocenters. The van der Waals surface area contributed by atoms with Crippen LogP contribution in [0.1, 0.15) is 11.1 Å². The standard InChI is InChI=1S/C16H16BrFO3/c1-19-13-7-6-12(14(18)8-13)10-21-16-11(9-17)4-3-5-15(16)20-2/h3-8H,9-10H2,1-2H3. The first kappa shape index (κ1) is 15.6. The zero-order valence-corrected chi connectivity index (χ0v) is 13.4. The first-order valence-corrected chi connectivity index (χ1v) is 7.48. The van der Waals surface area contributed by atoms with Gasteiger partial charge in [0.05, 0.1) is 14.2 Å². The Morgan fingerprint density at radius 2 is 1.86 bits per heavy atom. The zero-order valence-electron chi connectivity index (χ0n) is 11.9. The van der Waals surface area contributed by atoms with Gasteiger partial charge >= 0.3 is 0 Å². The van der Waals surface area contributed by atoms with Gasteiger partial charge in [-0.1, -0.05) is 28.1 Å². The summed E-state index contributed by atoms with van der Waals surface area (Å²) >= 11 is 3.41. The third-order valence-electron chi connectivity index (χ3n) is 3.06. The Bertz CT molecular complexity index is 594. The summed E-state index contributed by atoms with van der Waals surface area (Å²) in [6.07, 6.45) is 0. The number of para-hydroxylation sites is 1. The highest BCUT2D eigenvalue weighted by Crippen LogP contribution is 2.33. The SMILES string of the molecule is COc1ccc(COc2c(CBr)cccc2OC)c(F)c1. The van der Waals surface area contributed by atoms with Crippen LogP contribution in [0.2, 0.25) is 0 Å². The normalized spacial score (nSPS) is 10.3. The van der Waals surface area contributed by atoms with E-state index >= 15 is 0 Å². The summed E-state index contributed by atoms with van der Waals surface area (Å²) in [7, 11) is 3.08. The molecule has 0 N–H and O–H groups in total. The smallest absolute Gasteiger partial charge is 0.165 e. The number of ether oxygens (including phenoxy) is 3. The van der Waals surface area contributed by atoms with Gasteiger partial charge in [0.15, 0.2) is 11.5 Å². The van der Waals surface area contributed by atoms with Crippen LogP contribution in [0.4, 0.5) is 4.39 Å². The molecule has 0 aliphatic rings. The lowest BCUT2D eigenvalue weighted by atomic mass is 10.2. The number of hydrogen-bond donors (Lipinski definition) is 0. The Morgan fingerprint density at radius 3 is 2.48 bits per heavy atom. The zero-order chi connectivity index (χ0) is 15.2. The lowest BCUT2D eigenvalue weighted by Gasteiger charge is -2.14. The van der Waals surface area contributed by atoms with E-state index in [1.54, 1.807) is 19.2 Å². The van der Waals surface area contributed by atoms with Crippen LogP contribution in [0.5, 0.6) is 17.2 Å². The van der Waals surface area contributed by atoms with Crippen LogP contribution in [-0.2, 0) is 11.9 Å². The number of halogens is 2.